The molecule has 0 aromatic rings. The van der Waals surface area contributed by atoms with Crippen LogP contribution in [0.4, 0.5) is 0 Å². The summed E-state index contributed by atoms with van der Waals surface area (Å²) in [6.07, 6.45) is -0.971. The van der Waals surface area contributed by atoms with Crippen molar-refractivity contribution in [2.75, 3.05) is 27.2 Å². The lowest BCUT2D eigenvalue weighted by atomic mass is 10.2. The fourth-order valence-corrected chi connectivity index (χ4v) is 1.85. The lowest BCUT2D eigenvalue weighted by molar-refractivity contribution is -0.156. The van der Waals surface area contributed by atoms with Crippen LogP contribution in [-0.2, 0) is 19.1 Å². The van der Waals surface area contributed by atoms with Crippen LogP contribution in [-0.4, -0.2) is 72.1 Å². The summed E-state index contributed by atoms with van der Waals surface area (Å²) in [6.45, 7) is 2.14. The smallest absolute Gasteiger partial charge is 0.332 e. The highest BCUT2D eigenvalue weighted by Crippen LogP contribution is 2.21. The predicted octanol–water partition coefficient (Wildman–Crippen LogP) is -0.445. The van der Waals surface area contributed by atoms with Crippen molar-refractivity contribution in [1.29, 1.82) is 0 Å². The third-order valence-electron chi connectivity index (χ3n) is 3.09. The van der Waals surface area contributed by atoms with Gasteiger partial charge in [-0.2, -0.15) is 0 Å². The van der Waals surface area contributed by atoms with Crippen LogP contribution in [0.25, 0.3) is 0 Å². The Morgan fingerprint density at radius 2 is 1.79 bits per heavy atom. The second kappa shape index (κ2) is 6.51. The van der Waals surface area contributed by atoms with Crippen LogP contribution in [0.15, 0.2) is 0 Å². The molecule has 19 heavy (non-hydrogen) atoms. The van der Waals surface area contributed by atoms with Gasteiger partial charge in [0.1, 0.15) is 6.10 Å². The van der Waals surface area contributed by atoms with Crippen LogP contribution in [0.2, 0.25) is 0 Å². The van der Waals surface area contributed by atoms with Gasteiger partial charge in [-0.15, -0.1) is 0 Å². The van der Waals surface area contributed by atoms with Gasteiger partial charge in [-0.1, -0.05) is 0 Å². The van der Waals surface area contributed by atoms with Crippen LogP contribution in [0.5, 0.6) is 0 Å². The summed E-state index contributed by atoms with van der Waals surface area (Å²) in [5.41, 5.74) is 0. The molecule has 0 aliphatic carbocycles. The minimum absolute atomic E-state index is 0.0140. The Morgan fingerprint density at radius 3 is 2.21 bits per heavy atom. The molecule has 1 N–H and O–H groups in total. The molecule has 2 atom stereocenters. The lowest BCUT2D eigenvalue weighted by Gasteiger charge is -2.24. The summed E-state index contributed by atoms with van der Waals surface area (Å²) < 4.78 is 5.19. The van der Waals surface area contributed by atoms with Gasteiger partial charge in [-0.3, -0.25) is 9.59 Å². The fraction of sp³-hybridized carbons (Fsp3) is 0.750. The van der Waals surface area contributed by atoms with Crippen LogP contribution < -0.4 is 0 Å². The second-order valence-electron chi connectivity index (χ2n) is 4.67. The number of aliphatic carboxylic acids is 1. The molecular formula is C12H20N2O5. The highest BCUT2D eigenvalue weighted by molar-refractivity contribution is 5.87. The zero-order chi connectivity index (χ0) is 14.6. The Morgan fingerprint density at radius 1 is 1.21 bits per heavy atom. The Labute approximate surface area is 112 Å². The number of amides is 2. The number of rotatable bonds is 5. The highest BCUT2D eigenvalue weighted by atomic mass is 16.5. The molecule has 0 aromatic carbocycles. The predicted molar refractivity (Wildman–Crippen MR) is 66.5 cm³/mol. The summed E-state index contributed by atoms with van der Waals surface area (Å²) in [5, 5.41) is 8.82. The number of nitrogens with zero attached hydrogens (tertiary/aromatic N) is 2. The van der Waals surface area contributed by atoms with Crippen LogP contribution >= 0.6 is 0 Å². The average molecular weight is 272 g/mol. The SMILES string of the molecule is CCN(CC(=O)N(C)C)C(=O)C1CCC(C(=O)O)O1. The van der Waals surface area contributed by atoms with E-state index in [0.29, 0.717) is 19.4 Å². The minimum atomic E-state index is -1.05. The van der Waals surface area contributed by atoms with Gasteiger partial charge in [0.2, 0.25) is 5.91 Å². The number of carboxylic acids is 1. The number of likely N-dealkylation sites (N-methyl/N-ethyl adjacent to an activating group) is 2. The van der Waals surface area contributed by atoms with Crippen molar-refractivity contribution < 1.29 is 24.2 Å². The Hall–Kier alpha value is -1.63. The first-order valence-electron chi connectivity index (χ1n) is 6.24. The van der Waals surface area contributed by atoms with E-state index in [4.69, 9.17) is 9.84 Å². The molecule has 0 radical (unpaired) electrons. The van der Waals surface area contributed by atoms with Crippen LogP contribution in [0.1, 0.15) is 19.8 Å². The third-order valence-corrected chi connectivity index (χ3v) is 3.09. The van der Waals surface area contributed by atoms with E-state index in [2.05, 4.69) is 0 Å². The van der Waals surface area contributed by atoms with E-state index in [9.17, 15) is 14.4 Å². The van der Waals surface area contributed by atoms with Crippen molar-refractivity contribution in [2.45, 2.75) is 32.0 Å². The molecular weight excluding hydrogens is 252 g/mol. The lowest BCUT2D eigenvalue weighted by Crippen LogP contribution is -2.44. The van der Waals surface area contributed by atoms with Crippen molar-refractivity contribution in [1.82, 2.24) is 9.80 Å². The molecule has 1 saturated heterocycles. The Bertz CT molecular complexity index is 369. The number of carbonyl (C=O) groups is 3. The van der Waals surface area contributed by atoms with Gasteiger partial charge in [-0.05, 0) is 19.8 Å². The van der Waals surface area contributed by atoms with Crippen molar-refractivity contribution in [3.8, 4) is 0 Å². The van der Waals surface area contributed by atoms with Crippen molar-refractivity contribution in [3.05, 3.63) is 0 Å². The zero-order valence-corrected chi connectivity index (χ0v) is 11.5. The molecule has 0 bridgehead atoms. The summed E-state index contributed by atoms with van der Waals surface area (Å²) in [4.78, 5) is 37.3. The van der Waals surface area contributed by atoms with Gasteiger partial charge in [0.15, 0.2) is 6.10 Å². The van der Waals surface area contributed by atoms with E-state index in [0.717, 1.165) is 0 Å². The second-order valence-corrected chi connectivity index (χ2v) is 4.67. The van der Waals surface area contributed by atoms with Gasteiger partial charge in [0, 0.05) is 20.6 Å². The van der Waals surface area contributed by atoms with E-state index in [-0.39, 0.29) is 18.4 Å². The monoisotopic (exact) mass is 272 g/mol. The van der Waals surface area contributed by atoms with Gasteiger partial charge < -0.3 is 19.6 Å². The molecule has 0 spiro atoms. The van der Waals surface area contributed by atoms with Gasteiger partial charge in [-0.25, -0.2) is 4.79 Å². The highest BCUT2D eigenvalue weighted by Gasteiger charge is 2.36. The van der Waals surface area contributed by atoms with Crippen LogP contribution in [0, 0.1) is 0 Å². The molecule has 1 fully saturated rings. The van der Waals surface area contributed by atoms with Crippen molar-refractivity contribution >= 4 is 17.8 Å². The summed E-state index contributed by atoms with van der Waals surface area (Å²) in [6, 6.07) is 0. The maximum absolute atomic E-state index is 12.1. The third kappa shape index (κ3) is 3.92. The van der Waals surface area contributed by atoms with Crippen molar-refractivity contribution in [2.24, 2.45) is 0 Å². The Balaban J connectivity index is 2.60. The summed E-state index contributed by atoms with van der Waals surface area (Å²) in [5.74, 6) is -1.55. The molecule has 0 aromatic heterocycles. The molecule has 2 amide bonds. The first kappa shape index (κ1) is 15.4. The quantitative estimate of drug-likeness (QED) is 0.733. The Kier molecular flexibility index (Phi) is 5.29. The summed E-state index contributed by atoms with van der Waals surface area (Å²) in [7, 11) is 3.24. The molecule has 7 heteroatoms. The van der Waals surface area contributed by atoms with E-state index in [1.165, 1.54) is 9.80 Å². The van der Waals surface area contributed by atoms with E-state index in [1.54, 1.807) is 21.0 Å². The number of hydrogen-bond donors (Lipinski definition) is 1. The summed E-state index contributed by atoms with van der Waals surface area (Å²) >= 11 is 0. The maximum atomic E-state index is 12.1. The topological polar surface area (TPSA) is 87.2 Å². The van der Waals surface area contributed by atoms with E-state index >= 15 is 0 Å². The first-order chi connectivity index (χ1) is 8.86. The van der Waals surface area contributed by atoms with Gasteiger partial charge in [0.05, 0.1) is 6.54 Å². The molecule has 1 heterocycles. The molecule has 108 valence electrons. The van der Waals surface area contributed by atoms with Gasteiger partial charge >= 0.3 is 5.97 Å². The van der Waals surface area contributed by atoms with Crippen LogP contribution in [0.3, 0.4) is 0 Å². The zero-order valence-electron chi connectivity index (χ0n) is 11.5. The van der Waals surface area contributed by atoms with Crippen molar-refractivity contribution in [3.63, 3.8) is 0 Å². The molecule has 1 rings (SSSR count). The van der Waals surface area contributed by atoms with E-state index < -0.39 is 18.2 Å². The number of ether oxygens (including phenoxy) is 1. The fourth-order valence-electron chi connectivity index (χ4n) is 1.85. The number of carbonyl (C=O) groups excluding carboxylic acids is 2. The standard InChI is InChI=1S/C12H20N2O5/c1-4-14(7-10(15)13(2)3)11(16)8-5-6-9(19-8)12(17)18/h8-9H,4-7H2,1-3H3,(H,17,18). The average Bonchev–Trinajstić information content (AvgIpc) is 2.84. The molecule has 1 aliphatic heterocycles. The molecule has 0 saturated carbocycles. The van der Waals surface area contributed by atoms with Gasteiger partial charge in [0.25, 0.3) is 5.91 Å². The molecule has 7 nitrogen and oxygen atoms in total. The largest absolute Gasteiger partial charge is 0.479 e. The number of hydrogen-bond acceptors (Lipinski definition) is 4. The molecule has 2 unspecified atom stereocenters. The number of carboxylic acid groups (broad SMARTS) is 1. The first-order valence-corrected chi connectivity index (χ1v) is 6.24. The molecule has 1 aliphatic rings. The van der Waals surface area contributed by atoms with E-state index in [1.807, 2.05) is 0 Å². The normalized spacial score (nSPS) is 22.1. The maximum Gasteiger partial charge on any atom is 0.332 e. The minimum Gasteiger partial charge on any atom is -0.479 e.